The van der Waals surface area contributed by atoms with E-state index in [0.717, 1.165) is 77.0 Å². The summed E-state index contributed by atoms with van der Waals surface area (Å²) in [5.41, 5.74) is 0. The smallest absolute Gasteiger partial charge is 0.306 e. The Bertz CT molecular complexity index is 1410. The van der Waals surface area contributed by atoms with Crippen LogP contribution in [0.3, 0.4) is 0 Å². The average Bonchev–Trinajstić information content (AvgIpc) is 3.34. The van der Waals surface area contributed by atoms with Crippen molar-refractivity contribution in [3.05, 3.63) is 109 Å². The van der Waals surface area contributed by atoms with E-state index in [1.807, 2.05) is 72.9 Å². The molecule has 0 saturated carbocycles. The number of unbranched alkanes of at least 4 members (excludes halogenated alkanes) is 27. The molecule has 0 fully saturated rings. The summed E-state index contributed by atoms with van der Waals surface area (Å²) in [5.74, 6) is -0.953. The molecule has 0 aromatic carbocycles. The molecular formula is C62H102O6. The molecule has 0 aliphatic heterocycles. The summed E-state index contributed by atoms with van der Waals surface area (Å²) in [6, 6.07) is 0. The van der Waals surface area contributed by atoms with E-state index in [1.54, 1.807) is 0 Å². The lowest BCUT2D eigenvalue weighted by atomic mass is 10.0. The van der Waals surface area contributed by atoms with Crippen LogP contribution in [0.2, 0.25) is 0 Å². The Morgan fingerprint density at radius 2 is 0.574 bits per heavy atom. The third-order valence-electron chi connectivity index (χ3n) is 11.7. The molecule has 0 radical (unpaired) electrons. The first-order chi connectivity index (χ1) is 33.5. The van der Waals surface area contributed by atoms with Gasteiger partial charge in [-0.2, -0.15) is 0 Å². The second kappa shape index (κ2) is 55.7. The van der Waals surface area contributed by atoms with Crippen molar-refractivity contribution in [2.75, 3.05) is 13.2 Å². The molecule has 1 atom stereocenters. The topological polar surface area (TPSA) is 78.9 Å². The maximum atomic E-state index is 12.8. The number of rotatable bonds is 49. The standard InChI is InChI=1S/C62H102O6/c1-4-7-10-13-16-19-22-25-28-30-31-32-35-37-40-43-46-49-52-55-61(64)67-58-59(57-66-60(63)54-51-48-45-42-39-36-33-27-24-21-18-15-12-9-6-3)68-62(65)56-53-50-47-44-41-38-34-29-26-23-20-17-14-11-8-5-2/h7,10,13,16,18-19,21-22,24-25,27-28,30-32,35,37,40,59H,4-6,8-9,11-12,14-15,17,20,23,26,29,33-34,36,38-39,41-58H2,1-3H3/b10-7-,16-13-,21-18-,22-19-,27-24-,28-25-,31-30+,35-32-,40-37-. The SMILES string of the molecule is CC\C=C/C=C\C=C/C=C\C=C\C=C/C=C\CCCCCC(=O)OCC(COC(=O)CCCCCCCC/C=C\C=C/CCCCC)OC(=O)CCCCCCCCCCCCCCCCCC. The first-order valence-corrected chi connectivity index (χ1v) is 28.0. The highest BCUT2D eigenvalue weighted by Crippen LogP contribution is 2.15. The normalized spacial score (nSPS) is 12.9. The van der Waals surface area contributed by atoms with Gasteiger partial charge in [-0.3, -0.25) is 14.4 Å². The average molecular weight is 943 g/mol. The predicted molar refractivity (Wildman–Crippen MR) is 293 cm³/mol. The van der Waals surface area contributed by atoms with E-state index >= 15 is 0 Å². The summed E-state index contributed by atoms with van der Waals surface area (Å²) in [5, 5.41) is 0. The Kier molecular flexibility index (Phi) is 52.4. The van der Waals surface area contributed by atoms with Crippen LogP contribution in [0.4, 0.5) is 0 Å². The zero-order valence-corrected chi connectivity index (χ0v) is 44.1. The predicted octanol–water partition coefficient (Wildman–Crippen LogP) is 18.7. The van der Waals surface area contributed by atoms with Crippen molar-refractivity contribution in [1.82, 2.24) is 0 Å². The van der Waals surface area contributed by atoms with Crippen LogP contribution < -0.4 is 0 Å². The number of hydrogen-bond donors (Lipinski definition) is 0. The van der Waals surface area contributed by atoms with Crippen LogP contribution in [0, 0.1) is 0 Å². The third kappa shape index (κ3) is 53.0. The fourth-order valence-corrected chi connectivity index (χ4v) is 7.53. The maximum absolute atomic E-state index is 12.8. The van der Waals surface area contributed by atoms with Crippen LogP contribution in [-0.4, -0.2) is 37.2 Å². The molecule has 0 spiro atoms. The van der Waals surface area contributed by atoms with E-state index in [1.165, 1.54) is 128 Å². The molecule has 0 saturated heterocycles. The van der Waals surface area contributed by atoms with Gasteiger partial charge in [0.05, 0.1) is 0 Å². The van der Waals surface area contributed by atoms with E-state index in [-0.39, 0.29) is 31.1 Å². The van der Waals surface area contributed by atoms with Crippen molar-refractivity contribution < 1.29 is 28.6 Å². The van der Waals surface area contributed by atoms with Crippen LogP contribution in [0.1, 0.15) is 245 Å². The Morgan fingerprint density at radius 1 is 0.309 bits per heavy atom. The van der Waals surface area contributed by atoms with Gasteiger partial charge in [-0.1, -0.05) is 271 Å². The van der Waals surface area contributed by atoms with Gasteiger partial charge in [0, 0.05) is 19.3 Å². The minimum Gasteiger partial charge on any atom is -0.462 e. The van der Waals surface area contributed by atoms with Crippen molar-refractivity contribution >= 4 is 17.9 Å². The van der Waals surface area contributed by atoms with Gasteiger partial charge in [-0.25, -0.2) is 0 Å². The van der Waals surface area contributed by atoms with Crippen LogP contribution in [-0.2, 0) is 28.6 Å². The van der Waals surface area contributed by atoms with Gasteiger partial charge in [-0.15, -0.1) is 0 Å². The zero-order valence-electron chi connectivity index (χ0n) is 44.1. The van der Waals surface area contributed by atoms with Crippen molar-refractivity contribution in [2.24, 2.45) is 0 Å². The molecule has 0 aromatic rings. The first-order valence-electron chi connectivity index (χ1n) is 28.0. The molecule has 0 aromatic heterocycles. The number of carbonyl (C=O) groups excluding carboxylic acids is 3. The molecule has 0 heterocycles. The summed E-state index contributed by atoms with van der Waals surface area (Å²) in [7, 11) is 0. The Hall–Kier alpha value is -3.93. The lowest BCUT2D eigenvalue weighted by Gasteiger charge is -2.18. The molecule has 0 rings (SSSR count). The number of allylic oxidation sites excluding steroid dienone is 18. The van der Waals surface area contributed by atoms with Crippen molar-refractivity contribution in [3.63, 3.8) is 0 Å². The van der Waals surface area contributed by atoms with Gasteiger partial charge in [0.2, 0.25) is 0 Å². The highest BCUT2D eigenvalue weighted by atomic mass is 16.6. The lowest BCUT2D eigenvalue weighted by Crippen LogP contribution is -2.30. The highest BCUT2D eigenvalue weighted by Gasteiger charge is 2.19. The Morgan fingerprint density at radius 3 is 0.956 bits per heavy atom. The molecule has 0 aliphatic rings. The molecule has 386 valence electrons. The number of hydrogen-bond acceptors (Lipinski definition) is 6. The van der Waals surface area contributed by atoms with E-state index in [0.29, 0.717) is 19.3 Å². The zero-order chi connectivity index (χ0) is 49.3. The third-order valence-corrected chi connectivity index (χ3v) is 11.7. The molecule has 6 nitrogen and oxygen atoms in total. The van der Waals surface area contributed by atoms with Gasteiger partial charge >= 0.3 is 17.9 Å². The molecule has 0 N–H and O–H groups in total. The van der Waals surface area contributed by atoms with Crippen LogP contribution in [0.5, 0.6) is 0 Å². The van der Waals surface area contributed by atoms with Crippen LogP contribution in [0.15, 0.2) is 109 Å². The maximum Gasteiger partial charge on any atom is 0.306 e. The molecular weight excluding hydrogens is 841 g/mol. The summed E-state index contributed by atoms with van der Waals surface area (Å²) in [6.07, 6.45) is 74.9. The van der Waals surface area contributed by atoms with Gasteiger partial charge in [-0.05, 0) is 64.2 Å². The first kappa shape index (κ1) is 64.1. The second-order valence-corrected chi connectivity index (χ2v) is 18.3. The van der Waals surface area contributed by atoms with Crippen molar-refractivity contribution in [3.8, 4) is 0 Å². The van der Waals surface area contributed by atoms with Gasteiger partial charge < -0.3 is 14.2 Å². The number of carbonyl (C=O) groups is 3. The monoisotopic (exact) mass is 943 g/mol. The van der Waals surface area contributed by atoms with Gasteiger partial charge in [0.15, 0.2) is 6.10 Å². The molecule has 0 aliphatic carbocycles. The summed E-state index contributed by atoms with van der Waals surface area (Å²) >= 11 is 0. The van der Waals surface area contributed by atoms with Crippen LogP contribution in [0.25, 0.3) is 0 Å². The van der Waals surface area contributed by atoms with E-state index < -0.39 is 6.10 Å². The van der Waals surface area contributed by atoms with Crippen LogP contribution >= 0.6 is 0 Å². The molecule has 68 heavy (non-hydrogen) atoms. The van der Waals surface area contributed by atoms with Gasteiger partial charge in [0.1, 0.15) is 13.2 Å². The number of ether oxygens (including phenoxy) is 3. The Labute approximate surface area is 419 Å². The number of esters is 3. The lowest BCUT2D eigenvalue weighted by molar-refractivity contribution is -0.167. The highest BCUT2D eigenvalue weighted by molar-refractivity contribution is 5.71. The van der Waals surface area contributed by atoms with Crippen molar-refractivity contribution in [2.45, 2.75) is 252 Å². The van der Waals surface area contributed by atoms with E-state index in [2.05, 4.69) is 57.2 Å². The minimum absolute atomic E-state index is 0.0991. The van der Waals surface area contributed by atoms with E-state index in [4.69, 9.17) is 14.2 Å². The molecule has 0 bridgehead atoms. The fourth-order valence-electron chi connectivity index (χ4n) is 7.53. The Balaban J connectivity index is 4.51. The summed E-state index contributed by atoms with van der Waals surface area (Å²) in [4.78, 5) is 38.1. The van der Waals surface area contributed by atoms with Gasteiger partial charge in [0.25, 0.3) is 0 Å². The molecule has 6 heteroatoms. The summed E-state index contributed by atoms with van der Waals surface area (Å²) < 4.78 is 16.8. The second-order valence-electron chi connectivity index (χ2n) is 18.3. The largest absolute Gasteiger partial charge is 0.462 e. The minimum atomic E-state index is -0.802. The molecule has 1 unspecified atom stereocenters. The summed E-state index contributed by atoms with van der Waals surface area (Å²) in [6.45, 7) is 6.42. The quantitative estimate of drug-likeness (QED) is 0.0262. The van der Waals surface area contributed by atoms with Crippen molar-refractivity contribution in [1.29, 1.82) is 0 Å². The molecule has 0 amide bonds. The van der Waals surface area contributed by atoms with E-state index in [9.17, 15) is 14.4 Å². The fraction of sp³-hybridized carbons (Fsp3) is 0.661.